The van der Waals surface area contributed by atoms with Gasteiger partial charge in [-0.05, 0) is 5.56 Å². The maximum atomic E-state index is 9.70. The predicted molar refractivity (Wildman–Crippen MR) is 51.0 cm³/mol. The van der Waals surface area contributed by atoms with Gasteiger partial charge in [0.25, 0.3) is 0 Å². The first kappa shape index (κ1) is 10.2. The summed E-state index contributed by atoms with van der Waals surface area (Å²) in [5.41, 5.74) is 0.909. The summed E-state index contributed by atoms with van der Waals surface area (Å²) >= 11 is 0. The largest absolute Gasteiger partial charge is 0.387 e. The Labute approximate surface area is 78.5 Å². The molecule has 0 saturated heterocycles. The average Bonchev–Trinajstić information content (AvgIpc) is 2.19. The Hall–Kier alpha value is -0.900. The lowest BCUT2D eigenvalue weighted by Crippen LogP contribution is -2.23. The van der Waals surface area contributed by atoms with E-state index < -0.39 is 6.10 Å². The Bertz CT molecular complexity index is 238. The van der Waals surface area contributed by atoms with E-state index in [2.05, 4.69) is 0 Å². The molecule has 3 nitrogen and oxygen atoms in total. The van der Waals surface area contributed by atoms with Gasteiger partial charge in [0, 0.05) is 7.05 Å². The van der Waals surface area contributed by atoms with Gasteiger partial charge in [-0.3, -0.25) is 0 Å². The molecule has 0 radical (unpaired) electrons. The van der Waals surface area contributed by atoms with Crippen molar-refractivity contribution in [3.8, 4) is 0 Å². The van der Waals surface area contributed by atoms with Crippen LogP contribution in [0.2, 0.25) is 0 Å². The topological polar surface area (TPSA) is 32.7 Å². The molecule has 0 fully saturated rings. The fourth-order valence-corrected chi connectivity index (χ4v) is 1.10. The van der Waals surface area contributed by atoms with Crippen LogP contribution >= 0.6 is 0 Å². The number of nitrogens with zero attached hydrogens (tertiary/aromatic N) is 1. The minimum atomic E-state index is -0.494. The summed E-state index contributed by atoms with van der Waals surface area (Å²) in [7, 11) is 3.36. The molecule has 0 aromatic heterocycles. The van der Waals surface area contributed by atoms with Gasteiger partial charge in [-0.2, -0.15) is 5.06 Å². The molecule has 13 heavy (non-hydrogen) atoms. The fraction of sp³-hybridized carbons (Fsp3) is 0.400. The fourth-order valence-electron chi connectivity index (χ4n) is 1.10. The number of benzene rings is 1. The normalized spacial score (nSPS) is 13.2. The van der Waals surface area contributed by atoms with Crippen LogP contribution in [-0.2, 0) is 4.84 Å². The van der Waals surface area contributed by atoms with E-state index >= 15 is 0 Å². The van der Waals surface area contributed by atoms with Crippen LogP contribution in [0.3, 0.4) is 0 Å². The highest BCUT2D eigenvalue weighted by Gasteiger charge is 2.08. The number of likely N-dealkylation sites (N-methyl/N-ethyl adjacent to an activating group) is 1. The Balaban J connectivity index is 2.53. The summed E-state index contributed by atoms with van der Waals surface area (Å²) in [5.74, 6) is 0. The summed E-state index contributed by atoms with van der Waals surface area (Å²) in [6.45, 7) is 0.473. The lowest BCUT2D eigenvalue weighted by atomic mass is 10.1. The van der Waals surface area contributed by atoms with Gasteiger partial charge in [0.1, 0.15) is 0 Å². The maximum Gasteiger partial charge on any atom is 0.0940 e. The van der Waals surface area contributed by atoms with Gasteiger partial charge < -0.3 is 9.94 Å². The quantitative estimate of drug-likeness (QED) is 0.709. The number of hydroxylamine groups is 2. The Morgan fingerprint density at radius 1 is 1.38 bits per heavy atom. The standard InChI is InChI=1S/C10H15NO2/c1-11(13-2)8-10(12)9-6-4-3-5-7-9/h3-7,10,12H,8H2,1-2H3. The van der Waals surface area contributed by atoms with Crippen LogP contribution < -0.4 is 0 Å². The van der Waals surface area contributed by atoms with Crippen molar-refractivity contribution in [2.45, 2.75) is 6.10 Å². The average molecular weight is 181 g/mol. The van der Waals surface area contributed by atoms with Crippen molar-refractivity contribution in [2.24, 2.45) is 0 Å². The second-order valence-corrected chi connectivity index (χ2v) is 2.92. The molecule has 1 N–H and O–H groups in total. The van der Waals surface area contributed by atoms with Gasteiger partial charge in [0.2, 0.25) is 0 Å². The third-order valence-corrected chi connectivity index (χ3v) is 1.93. The van der Waals surface area contributed by atoms with E-state index in [-0.39, 0.29) is 0 Å². The summed E-state index contributed by atoms with van der Waals surface area (Å²) < 4.78 is 0. The van der Waals surface area contributed by atoms with Gasteiger partial charge in [-0.25, -0.2) is 0 Å². The van der Waals surface area contributed by atoms with E-state index in [4.69, 9.17) is 4.84 Å². The van der Waals surface area contributed by atoms with E-state index in [9.17, 15) is 5.11 Å². The van der Waals surface area contributed by atoms with Gasteiger partial charge >= 0.3 is 0 Å². The molecule has 1 atom stereocenters. The zero-order chi connectivity index (χ0) is 9.68. The van der Waals surface area contributed by atoms with Crippen LogP contribution in [0.5, 0.6) is 0 Å². The van der Waals surface area contributed by atoms with Crippen LogP contribution in [-0.4, -0.2) is 30.9 Å². The molecule has 1 rings (SSSR count). The summed E-state index contributed by atoms with van der Waals surface area (Å²) in [4.78, 5) is 4.92. The molecule has 1 unspecified atom stereocenters. The number of hydrogen-bond acceptors (Lipinski definition) is 3. The molecule has 0 amide bonds. The van der Waals surface area contributed by atoms with Crippen molar-refractivity contribution in [2.75, 3.05) is 20.7 Å². The molecule has 3 heteroatoms. The molecule has 0 spiro atoms. The lowest BCUT2D eigenvalue weighted by Gasteiger charge is -2.18. The molecule has 1 aromatic carbocycles. The Kier molecular flexibility index (Phi) is 3.89. The molecule has 0 heterocycles. The first-order chi connectivity index (χ1) is 6.24. The van der Waals surface area contributed by atoms with Crippen LogP contribution in [0.25, 0.3) is 0 Å². The number of hydrogen-bond donors (Lipinski definition) is 1. The number of aliphatic hydroxyl groups is 1. The molecule has 1 aromatic rings. The van der Waals surface area contributed by atoms with Crippen LogP contribution in [0, 0.1) is 0 Å². The number of rotatable bonds is 4. The van der Waals surface area contributed by atoms with E-state index in [0.717, 1.165) is 5.56 Å². The minimum absolute atomic E-state index is 0.473. The smallest absolute Gasteiger partial charge is 0.0940 e. The van der Waals surface area contributed by atoms with E-state index in [1.54, 1.807) is 19.2 Å². The summed E-state index contributed by atoms with van der Waals surface area (Å²) in [5, 5.41) is 11.3. The molecular formula is C10H15NO2. The van der Waals surface area contributed by atoms with E-state index in [1.807, 2.05) is 30.3 Å². The Morgan fingerprint density at radius 3 is 2.54 bits per heavy atom. The van der Waals surface area contributed by atoms with Crippen molar-refractivity contribution >= 4 is 0 Å². The summed E-state index contributed by atoms with van der Waals surface area (Å²) in [6, 6.07) is 9.54. The first-order valence-electron chi connectivity index (χ1n) is 4.22. The second kappa shape index (κ2) is 4.97. The highest BCUT2D eigenvalue weighted by Crippen LogP contribution is 2.12. The molecule has 0 saturated carbocycles. The first-order valence-corrected chi connectivity index (χ1v) is 4.22. The highest BCUT2D eigenvalue weighted by atomic mass is 16.7. The van der Waals surface area contributed by atoms with Crippen molar-refractivity contribution in [1.29, 1.82) is 0 Å². The van der Waals surface area contributed by atoms with Crippen molar-refractivity contribution in [3.05, 3.63) is 35.9 Å². The predicted octanol–water partition coefficient (Wildman–Crippen LogP) is 1.21. The van der Waals surface area contributed by atoms with Crippen LogP contribution in [0.1, 0.15) is 11.7 Å². The molecule has 0 aliphatic rings. The zero-order valence-electron chi connectivity index (χ0n) is 7.97. The second-order valence-electron chi connectivity index (χ2n) is 2.92. The Morgan fingerprint density at radius 2 is 2.00 bits per heavy atom. The summed E-state index contributed by atoms with van der Waals surface area (Å²) in [6.07, 6.45) is -0.494. The van der Waals surface area contributed by atoms with Gasteiger partial charge in [0.15, 0.2) is 0 Å². The van der Waals surface area contributed by atoms with Gasteiger partial charge in [0.05, 0.1) is 19.8 Å². The van der Waals surface area contributed by atoms with Crippen molar-refractivity contribution in [1.82, 2.24) is 5.06 Å². The van der Waals surface area contributed by atoms with Crippen LogP contribution in [0.15, 0.2) is 30.3 Å². The monoisotopic (exact) mass is 181 g/mol. The third-order valence-electron chi connectivity index (χ3n) is 1.93. The molecule has 0 aliphatic carbocycles. The number of aliphatic hydroxyl groups excluding tert-OH is 1. The van der Waals surface area contributed by atoms with Gasteiger partial charge in [-0.15, -0.1) is 0 Å². The van der Waals surface area contributed by atoms with Crippen molar-refractivity contribution < 1.29 is 9.94 Å². The minimum Gasteiger partial charge on any atom is -0.387 e. The highest BCUT2D eigenvalue weighted by molar-refractivity contribution is 5.17. The van der Waals surface area contributed by atoms with Gasteiger partial charge in [-0.1, -0.05) is 30.3 Å². The molecule has 72 valence electrons. The molecule has 0 bridgehead atoms. The van der Waals surface area contributed by atoms with Crippen molar-refractivity contribution in [3.63, 3.8) is 0 Å². The SMILES string of the molecule is CON(C)CC(O)c1ccccc1. The lowest BCUT2D eigenvalue weighted by molar-refractivity contribution is -0.128. The maximum absolute atomic E-state index is 9.70. The van der Waals surface area contributed by atoms with E-state index in [0.29, 0.717) is 6.54 Å². The molecule has 0 aliphatic heterocycles. The van der Waals surface area contributed by atoms with E-state index in [1.165, 1.54) is 0 Å². The zero-order valence-corrected chi connectivity index (χ0v) is 7.97. The third kappa shape index (κ3) is 3.14. The van der Waals surface area contributed by atoms with Crippen LogP contribution in [0.4, 0.5) is 0 Å². The molecular weight excluding hydrogens is 166 g/mol.